The van der Waals surface area contributed by atoms with Gasteiger partial charge < -0.3 is 10.6 Å². The van der Waals surface area contributed by atoms with E-state index < -0.39 is 0 Å². The number of nitrogens with zero attached hydrogens (tertiary/aromatic N) is 3. The quantitative estimate of drug-likeness (QED) is 0.357. The summed E-state index contributed by atoms with van der Waals surface area (Å²) in [7, 11) is 1.97. The van der Waals surface area contributed by atoms with E-state index in [1.54, 1.807) is 0 Å². The van der Waals surface area contributed by atoms with Crippen molar-refractivity contribution >= 4 is 45.9 Å². The maximum absolute atomic E-state index is 4.71. The first-order chi connectivity index (χ1) is 11.4. The lowest BCUT2D eigenvalue weighted by atomic mass is 10.1. The minimum atomic E-state index is 0. The zero-order chi connectivity index (χ0) is 17.7. The molecule has 2 rings (SSSR count). The number of hydrogen-bond donors (Lipinski definition) is 2. The van der Waals surface area contributed by atoms with Crippen molar-refractivity contribution in [3.05, 3.63) is 50.8 Å². The van der Waals surface area contributed by atoms with Gasteiger partial charge in [-0.3, -0.25) is 4.68 Å². The van der Waals surface area contributed by atoms with Gasteiger partial charge in [-0.2, -0.15) is 5.10 Å². The molecule has 25 heavy (non-hydrogen) atoms. The molecule has 0 fully saturated rings. The molecule has 7 heteroatoms. The first-order valence-corrected chi connectivity index (χ1v) is 8.98. The summed E-state index contributed by atoms with van der Waals surface area (Å²) in [5, 5.41) is 11.2. The number of rotatable bonds is 5. The lowest BCUT2D eigenvalue weighted by Crippen LogP contribution is -2.37. The van der Waals surface area contributed by atoms with Gasteiger partial charge in [0.15, 0.2) is 5.96 Å². The average molecular weight is 520 g/mol. The maximum atomic E-state index is 4.71. The highest BCUT2D eigenvalue weighted by atomic mass is 127. The first-order valence-electron chi connectivity index (χ1n) is 8.18. The fraction of sp³-hybridized carbons (Fsp3) is 0.444. The predicted molar refractivity (Wildman–Crippen MR) is 119 cm³/mol. The molecule has 2 aromatic rings. The van der Waals surface area contributed by atoms with Crippen LogP contribution >= 0.6 is 39.9 Å². The molecule has 0 aliphatic carbocycles. The fourth-order valence-electron chi connectivity index (χ4n) is 2.59. The molecule has 0 spiro atoms. The Hall–Kier alpha value is -1.09. The Kier molecular flexibility index (Phi) is 8.92. The normalized spacial score (nSPS) is 11.2. The molecule has 1 heterocycles. The Morgan fingerprint density at radius 2 is 1.96 bits per heavy atom. The molecular weight excluding hydrogens is 493 g/mol. The topological polar surface area (TPSA) is 54.2 Å². The molecule has 138 valence electrons. The van der Waals surface area contributed by atoms with Crippen LogP contribution in [0.1, 0.15) is 35.0 Å². The standard InChI is InChI=1S/C18H26BrN5.HI/c1-6-20-18(21-10-15-7-8-16(19)9-12(15)2)22-11-17-13(3)23-24(5)14(17)4;/h7-9H,6,10-11H2,1-5H3,(H2,20,21,22);1H. The number of hydrogen-bond acceptors (Lipinski definition) is 2. The second kappa shape index (κ2) is 10.2. The van der Waals surface area contributed by atoms with E-state index in [1.165, 1.54) is 22.4 Å². The van der Waals surface area contributed by atoms with Crippen molar-refractivity contribution in [1.82, 2.24) is 20.4 Å². The molecule has 0 aliphatic heterocycles. The Balaban J connectivity index is 0.00000312. The van der Waals surface area contributed by atoms with Gasteiger partial charge in [0, 0.05) is 35.9 Å². The molecule has 0 radical (unpaired) electrons. The van der Waals surface area contributed by atoms with Crippen LogP contribution in [0.3, 0.4) is 0 Å². The van der Waals surface area contributed by atoms with Gasteiger partial charge in [0.1, 0.15) is 0 Å². The lowest BCUT2D eigenvalue weighted by molar-refractivity contribution is 0.728. The molecule has 0 amide bonds. The average Bonchev–Trinajstić information content (AvgIpc) is 2.77. The molecule has 1 aromatic carbocycles. The maximum Gasteiger partial charge on any atom is 0.191 e. The van der Waals surface area contributed by atoms with Crippen molar-refractivity contribution in [1.29, 1.82) is 0 Å². The summed E-state index contributed by atoms with van der Waals surface area (Å²) in [6, 6.07) is 6.29. The van der Waals surface area contributed by atoms with Crippen molar-refractivity contribution in [3.8, 4) is 0 Å². The third kappa shape index (κ3) is 5.99. The smallest absolute Gasteiger partial charge is 0.191 e. The lowest BCUT2D eigenvalue weighted by Gasteiger charge is -2.12. The molecule has 0 bridgehead atoms. The largest absolute Gasteiger partial charge is 0.357 e. The number of halogens is 2. The molecule has 0 unspecified atom stereocenters. The highest BCUT2D eigenvalue weighted by Gasteiger charge is 2.09. The Bertz CT molecular complexity index is 739. The van der Waals surface area contributed by atoms with Gasteiger partial charge in [-0.25, -0.2) is 4.99 Å². The highest BCUT2D eigenvalue weighted by molar-refractivity contribution is 14.0. The fourth-order valence-corrected chi connectivity index (χ4v) is 3.06. The van der Waals surface area contributed by atoms with E-state index >= 15 is 0 Å². The number of aromatic nitrogens is 2. The van der Waals surface area contributed by atoms with Crippen LogP contribution < -0.4 is 10.6 Å². The summed E-state index contributed by atoms with van der Waals surface area (Å²) in [5.74, 6) is 0.822. The van der Waals surface area contributed by atoms with E-state index in [-0.39, 0.29) is 24.0 Å². The van der Waals surface area contributed by atoms with E-state index in [0.29, 0.717) is 6.54 Å². The molecule has 5 nitrogen and oxygen atoms in total. The van der Waals surface area contributed by atoms with Crippen LogP contribution in [-0.2, 0) is 20.1 Å². The van der Waals surface area contributed by atoms with Crippen molar-refractivity contribution in [3.63, 3.8) is 0 Å². The van der Waals surface area contributed by atoms with Gasteiger partial charge in [0.2, 0.25) is 0 Å². The van der Waals surface area contributed by atoms with Gasteiger partial charge in [-0.05, 0) is 51.0 Å². The van der Waals surface area contributed by atoms with Gasteiger partial charge in [0.05, 0.1) is 12.2 Å². The summed E-state index contributed by atoms with van der Waals surface area (Å²) in [5.41, 5.74) is 5.93. The minimum Gasteiger partial charge on any atom is -0.357 e. The van der Waals surface area contributed by atoms with Gasteiger partial charge >= 0.3 is 0 Å². The Morgan fingerprint density at radius 1 is 1.24 bits per heavy atom. The van der Waals surface area contributed by atoms with E-state index in [9.17, 15) is 0 Å². The van der Waals surface area contributed by atoms with Crippen LogP contribution in [0.4, 0.5) is 0 Å². The zero-order valence-corrected chi connectivity index (χ0v) is 19.4. The molecular formula is C18H27BrIN5. The second-order valence-corrected chi connectivity index (χ2v) is 6.81. The molecule has 0 atom stereocenters. The highest BCUT2D eigenvalue weighted by Crippen LogP contribution is 2.16. The van der Waals surface area contributed by atoms with Crippen LogP contribution in [0.25, 0.3) is 0 Å². The van der Waals surface area contributed by atoms with Gasteiger partial charge in [-0.1, -0.05) is 22.0 Å². The van der Waals surface area contributed by atoms with Gasteiger partial charge in [-0.15, -0.1) is 24.0 Å². The van der Waals surface area contributed by atoms with Crippen molar-refractivity contribution in [2.45, 2.75) is 40.8 Å². The van der Waals surface area contributed by atoms with Crippen LogP contribution in [0.15, 0.2) is 27.7 Å². The monoisotopic (exact) mass is 519 g/mol. The molecule has 2 N–H and O–H groups in total. The zero-order valence-electron chi connectivity index (χ0n) is 15.5. The third-order valence-corrected chi connectivity index (χ3v) is 4.64. The second-order valence-electron chi connectivity index (χ2n) is 5.89. The van der Waals surface area contributed by atoms with Crippen molar-refractivity contribution in [2.75, 3.05) is 6.54 Å². The Labute approximate surface area is 175 Å². The van der Waals surface area contributed by atoms with E-state index in [2.05, 4.69) is 70.6 Å². The van der Waals surface area contributed by atoms with E-state index in [1.807, 2.05) is 18.7 Å². The molecule has 0 aliphatic rings. The van der Waals surface area contributed by atoms with Crippen molar-refractivity contribution in [2.24, 2.45) is 12.0 Å². The summed E-state index contributed by atoms with van der Waals surface area (Å²) >= 11 is 3.50. The van der Waals surface area contributed by atoms with Gasteiger partial charge in [0.25, 0.3) is 0 Å². The predicted octanol–water partition coefficient (Wildman–Crippen LogP) is 3.98. The van der Waals surface area contributed by atoms with Crippen molar-refractivity contribution < 1.29 is 0 Å². The number of aryl methyl sites for hydroxylation is 3. The minimum absolute atomic E-state index is 0. The molecule has 0 saturated carbocycles. The van der Waals surface area contributed by atoms with Crippen LogP contribution in [-0.4, -0.2) is 22.3 Å². The number of nitrogens with one attached hydrogen (secondary N) is 2. The summed E-state index contributed by atoms with van der Waals surface area (Å²) < 4.78 is 3.02. The third-order valence-electron chi connectivity index (χ3n) is 4.15. The SMILES string of the molecule is CCNC(=NCc1ccc(Br)cc1C)NCc1c(C)nn(C)c1C.I. The number of aliphatic imine (C=N–C) groups is 1. The van der Waals surface area contributed by atoms with E-state index in [4.69, 9.17) is 4.99 Å². The number of benzene rings is 1. The van der Waals surface area contributed by atoms with E-state index in [0.717, 1.165) is 29.2 Å². The van der Waals surface area contributed by atoms with Crippen LogP contribution in [0.5, 0.6) is 0 Å². The Morgan fingerprint density at radius 3 is 2.52 bits per heavy atom. The molecule has 1 aromatic heterocycles. The van der Waals surface area contributed by atoms with Crippen LogP contribution in [0, 0.1) is 20.8 Å². The number of guanidine groups is 1. The summed E-state index contributed by atoms with van der Waals surface area (Å²) in [4.78, 5) is 4.71. The van der Waals surface area contributed by atoms with Crippen LogP contribution in [0.2, 0.25) is 0 Å². The summed E-state index contributed by atoms with van der Waals surface area (Å²) in [6.45, 7) is 10.5. The summed E-state index contributed by atoms with van der Waals surface area (Å²) in [6.07, 6.45) is 0. The molecule has 0 saturated heterocycles. The first kappa shape index (κ1) is 22.0.